The highest BCUT2D eigenvalue weighted by molar-refractivity contribution is 6.13. The molecule has 0 saturated heterocycles. The molecule has 0 fully saturated rings. The van der Waals surface area contributed by atoms with Crippen molar-refractivity contribution in [1.82, 2.24) is 10.2 Å². The summed E-state index contributed by atoms with van der Waals surface area (Å²) in [7, 11) is 3.33. The van der Waals surface area contributed by atoms with Crippen LogP contribution in [0.15, 0.2) is 84.9 Å². The first-order valence-electron chi connectivity index (χ1n) is 13.7. The van der Waals surface area contributed by atoms with E-state index in [2.05, 4.69) is 29.6 Å². The highest BCUT2D eigenvalue weighted by Crippen LogP contribution is 2.37. The van der Waals surface area contributed by atoms with Gasteiger partial charge in [-0.2, -0.15) is 0 Å². The molecular weight excluding hydrogens is 550 g/mol. The zero-order chi connectivity index (χ0) is 29.3. The zero-order valence-electron chi connectivity index (χ0n) is 24.2. The molecular formula is C33H36ClN5O3. The van der Waals surface area contributed by atoms with Crippen molar-refractivity contribution in [3.63, 3.8) is 0 Å². The zero-order valence-corrected chi connectivity index (χ0v) is 25.0. The number of halogens is 1. The predicted molar refractivity (Wildman–Crippen MR) is 171 cm³/mol. The number of anilines is 3. The van der Waals surface area contributed by atoms with E-state index in [-0.39, 0.29) is 43.2 Å². The number of aryl methyl sites for hydroxylation is 1. The Kier molecular flexibility index (Phi) is 9.19. The minimum Gasteiger partial charge on any atom is -0.399 e. The first kappa shape index (κ1) is 30.6. The Bertz CT molecular complexity index is 1620. The molecule has 0 saturated carbocycles. The Morgan fingerprint density at radius 2 is 1.62 bits per heavy atom. The number of nitrogens with zero attached hydrogens (tertiary/aromatic N) is 3. The van der Waals surface area contributed by atoms with E-state index < -0.39 is 12.1 Å². The molecule has 0 spiro atoms. The minimum absolute atomic E-state index is 0. The summed E-state index contributed by atoms with van der Waals surface area (Å²) in [6, 6.07) is 24.9. The molecule has 4 aromatic carbocycles. The standard InChI is InChI=1S/C33H35N5O3.ClH/c1-21-13-14-23-9-5-6-10-26(23)27(21)19-37-28-11-7-8-12-29(28)38(32(40)24-15-17-25(34)18-16-24)20-30(33(37)41)36(4)31(39)22(2)35-3;/h5-18,22,30,35H,19-20,34H2,1-4H3;1H. The molecule has 1 heterocycles. The van der Waals surface area contributed by atoms with Crippen LogP contribution >= 0.6 is 12.4 Å². The fraction of sp³-hybridized carbons (Fsp3) is 0.242. The van der Waals surface area contributed by atoms with E-state index in [1.807, 2.05) is 43.3 Å². The van der Waals surface area contributed by atoms with Crippen molar-refractivity contribution >= 4 is 58.0 Å². The lowest BCUT2D eigenvalue weighted by molar-refractivity contribution is -0.138. The molecule has 3 N–H and O–H groups in total. The number of nitrogen functional groups attached to an aromatic ring is 1. The SMILES string of the molecule is CNC(C)C(=O)N(C)C1CN(C(=O)c2ccc(N)cc2)c2ccccc2N(Cc2c(C)ccc3ccccc23)C1=O.Cl. The molecule has 2 unspecified atom stereocenters. The summed E-state index contributed by atoms with van der Waals surface area (Å²) < 4.78 is 0. The summed E-state index contributed by atoms with van der Waals surface area (Å²) in [6.45, 7) is 4.08. The lowest BCUT2D eigenvalue weighted by Crippen LogP contribution is -2.56. The van der Waals surface area contributed by atoms with E-state index >= 15 is 0 Å². The highest BCUT2D eigenvalue weighted by Gasteiger charge is 2.40. The van der Waals surface area contributed by atoms with Crippen molar-refractivity contribution < 1.29 is 14.4 Å². The summed E-state index contributed by atoms with van der Waals surface area (Å²) in [5.41, 5.74) is 10.1. The maximum atomic E-state index is 14.5. The number of benzene rings is 4. The van der Waals surface area contributed by atoms with Gasteiger partial charge in [0.25, 0.3) is 11.8 Å². The number of rotatable bonds is 6. The Balaban J connectivity index is 0.00000405. The molecule has 218 valence electrons. The molecule has 0 bridgehead atoms. The first-order chi connectivity index (χ1) is 19.7. The number of hydrogen-bond acceptors (Lipinski definition) is 5. The van der Waals surface area contributed by atoms with Crippen LogP contribution in [-0.4, -0.2) is 55.3 Å². The number of amides is 3. The summed E-state index contributed by atoms with van der Waals surface area (Å²) >= 11 is 0. The van der Waals surface area contributed by atoms with Gasteiger partial charge in [-0.15, -0.1) is 12.4 Å². The molecule has 0 aliphatic carbocycles. The second-order valence-corrected chi connectivity index (χ2v) is 10.5. The van der Waals surface area contributed by atoms with E-state index in [0.29, 0.717) is 22.6 Å². The maximum Gasteiger partial charge on any atom is 0.258 e. The molecule has 3 amide bonds. The van der Waals surface area contributed by atoms with Gasteiger partial charge in [0.05, 0.1) is 30.5 Å². The van der Waals surface area contributed by atoms with Crippen LogP contribution in [0, 0.1) is 6.92 Å². The third-order valence-corrected chi connectivity index (χ3v) is 7.98. The second kappa shape index (κ2) is 12.6. The number of para-hydroxylation sites is 2. The van der Waals surface area contributed by atoms with Crippen molar-refractivity contribution in [2.24, 2.45) is 0 Å². The van der Waals surface area contributed by atoms with E-state index in [9.17, 15) is 14.4 Å². The predicted octanol–water partition coefficient (Wildman–Crippen LogP) is 4.78. The molecule has 4 aromatic rings. The normalized spacial score (nSPS) is 15.4. The van der Waals surface area contributed by atoms with E-state index in [1.165, 1.54) is 4.90 Å². The molecule has 42 heavy (non-hydrogen) atoms. The van der Waals surface area contributed by atoms with E-state index in [1.54, 1.807) is 55.1 Å². The van der Waals surface area contributed by atoms with Crippen molar-refractivity contribution in [1.29, 1.82) is 0 Å². The number of fused-ring (bicyclic) bond motifs is 2. The van der Waals surface area contributed by atoms with Crippen LogP contribution in [-0.2, 0) is 16.1 Å². The quantitative estimate of drug-likeness (QED) is 0.317. The fourth-order valence-corrected chi connectivity index (χ4v) is 5.39. The van der Waals surface area contributed by atoms with Gasteiger partial charge in [-0.25, -0.2) is 0 Å². The van der Waals surface area contributed by atoms with Gasteiger partial charge >= 0.3 is 0 Å². The van der Waals surface area contributed by atoms with Crippen LogP contribution in [0.5, 0.6) is 0 Å². The molecule has 0 aromatic heterocycles. The Morgan fingerprint density at radius 1 is 0.976 bits per heavy atom. The average molecular weight is 586 g/mol. The van der Waals surface area contributed by atoms with Crippen LogP contribution in [0.3, 0.4) is 0 Å². The number of nitrogens with two attached hydrogens (primary N) is 1. The van der Waals surface area contributed by atoms with E-state index in [0.717, 1.165) is 21.9 Å². The van der Waals surface area contributed by atoms with Crippen molar-refractivity contribution in [2.75, 3.05) is 36.2 Å². The van der Waals surface area contributed by atoms with Gasteiger partial charge in [-0.05, 0) is 79.2 Å². The summed E-state index contributed by atoms with van der Waals surface area (Å²) in [6.07, 6.45) is 0. The summed E-state index contributed by atoms with van der Waals surface area (Å²) in [5.74, 6) is -0.768. The summed E-state index contributed by atoms with van der Waals surface area (Å²) in [4.78, 5) is 46.7. The van der Waals surface area contributed by atoms with Crippen LogP contribution in [0.2, 0.25) is 0 Å². The molecule has 5 rings (SSSR count). The molecule has 1 aliphatic heterocycles. The van der Waals surface area contributed by atoms with Gasteiger partial charge in [0.2, 0.25) is 5.91 Å². The smallest absolute Gasteiger partial charge is 0.258 e. The molecule has 1 aliphatic rings. The monoisotopic (exact) mass is 585 g/mol. The Morgan fingerprint density at radius 3 is 2.31 bits per heavy atom. The van der Waals surface area contributed by atoms with Gasteiger partial charge in [-0.3, -0.25) is 14.4 Å². The number of nitrogens with one attached hydrogen (secondary N) is 1. The van der Waals surface area contributed by atoms with Gasteiger partial charge in [-0.1, -0.05) is 48.5 Å². The molecule has 8 nitrogen and oxygen atoms in total. The van der Waals surface area contributed by atoms with Gasteiger partial charge in [0, 0.05) is 18.3 Å². The largest absolute Gasteiger partial charge is 0.399 e. The Hall–Kier alpha value is -4.40. The molecule has 0 radical (unpaired) electrons. The van der Waals surface area contributed by atoms with Crippen molar-refractivity contribution in [3.8, 4) is 0 Å². The van der Waals surface area contributed by atoms with Crippen LogP contribution in [0.1, 0.15) is 28.4 Å². The fourth-order valence-electron chi connectivity index (χ4n) is 5.39. The molecule has 9 heteroatoms. The van der Waals surface area contributed by atoms with Crippen molar-refractivity contribution in [3.05, 3.63) is 102 Å². The third kappa shape index (κ3) is 5.68. The second-order valence-electron chi connectivity index (χ2n) is 10.5. The van der Waals surface area contributed by atoms with Gasteiger partial charge in [0.1, 0.15) is 6.04 Å². The topological polar surface area (TPSA) is 99.0 Å². The first-order valence-corrected chi connectivity index (χ1v) is 13.7. The number of likely N-dealkylation sites (N-methyl/N-ethyl adjacent to an activating group) is 2. The lowest BCUT2D eigenvalue weighted by atomic mass is 9.98. The number of hydrogen-bond donors (Lipinski definition) is 2. The Labute approximate surface area is 252 Å². The van der Waals surface area contributed by atoms with Crippen LogP contribution < -0.4 is 20.9 Å². The minimum atomic E-state index is -0.918. The highest BCUT2D eigenvalue weighted by atomic mass is 35.5. The number of carbonyl (C=O) groups excluding carboxylic acids is 3. The summed E-state index contributed by atoms with van der Waals surface area (Å²) in [5, 5.41) is 5.10. The van der Waals surface area contributed by atoms with Gasteiger partial charge in [0.15, 0.2) is 0 Å². The van der Waals surface area contributed by atoms with Crippen molar-refractivity contribution in [2.45, 2.75) is 32.5 Å². The van der Waals surface area contributed by atoms with Crippen LogP contribution in [0.25, 0.3) is 10.8 Å². The maximum absolute atomic E-state index is 14.5. The number of carbonyl (C=O) groups is 3. The van der Waals surface area contributed by atoms with Gasteiger partial charge < -0.3 is 25.8 Å². The van der Waals surface area contributed by atoms with Crippen LogP contribution in [0.4, 0.5) is 17.1 Å². The third-order valence-electron chi connectivity index (χ3n) is 7.98. The average Bonchev–Trinajstić information content (AvgIpc) is 3.11. The molecule has 2 atom stereocenters. The van der Waals surface area contributed by atoms with E-state index in [4.69, 9.17) is 5.73 Å². The lowest BCUT2D eigenvalue weighted by Gasteiger charge is -2.33.